The van der Waals surface area contributed by atoms with Crippen molar-refractivity contribution in [3.05, 3.63) is 17.7 Å². The number of amides is 1. The number of carbonyl (C=O) groups is 1. The number of hydrogen-bond donors (Lipinski definition) is 2. The lowest BCUT2D eigenvalue weighted by Gasteiger charge is -2.15. The smallest absolute Gasteiger partial charge is 0.223 e. The number of benzene rings is 1. The number of hydrogen-bond acceptors (Lipinski definition) is 3. The number of phenolic OH excluding ortho intramolecular Hbond substituents is 1. The van der Waals surface area contributed by atoms with E-state index in [0.29, 0.717) is 12.2 Å². The number of aromatic hydroxyl groups is 1. The second-order valence-electron chi connectivity index (χ2n) is 3.46. The average molecular weight is 192 g/mol. The Morgan fingerprint density at radius 2 is 2.29 bits per heavy atom. The highest BCUT2D eigenvalue weighted by Crippen LogP contribution is 2.34. The summed E-state index contributed by atoms with van der Waals surface area (Å²) in [5.41, 5.74) is 7.69. The number of phenols is 1. The first-order valence-corrected chi connectivity index (χ1v) is 4.49. The molecule has 1 aromatic rings. The minimum Gasteiger partial charge on any atom is -0.506 e. The van der Waals surface area contributed by atoms with Crippen LogP contribution < -0.4 is 10.6 Å². The number of fused-ring (bicyclic) bond motifs is 1. The van der Waals surface area contributed by atoms with Crippen LogP contribution in [0.25, 0.3) is 0 Å². The molecule has 0 unspecified atom stereocenters. The number of nitrogens with zero attached hydrogens (tertiary/aromatic N) is 1. The summed E-state index contributed by atoms with van der Waals surface area (Å²) in [5.74, 6) is 0.1000. The summed E-state index contributed by atoms with van der Waals surface area (Å²) >= 11 is 0. The molecule has 0 atom stereocenters. The van der Waals surface area contributed by atoms with Gasteiger partial charge in [0.05, 0.1) is 5.69 Å². The first-order chi connectivity index (χ1) is 6.59. The van der Waals surface area contributed by atoms with Gasteiger partial charge in [0.15, 0.2) is 0 Å². The molecule has 0 radical (unpaired) electrons. The van der Waals surface area contributed by atoms with Crippen molar-refractivity contribution < 1.29 is 9.90 Å². The van der Waals surface area contributed by atoms with Crippen molar-refractivity contribution in [1.82, 2.24) is 0 Å². The van der Waals surface area contributed by atoms with Gasteiger partial charge in [0.1, 0.15) is 5.75 Å². The maximum absolute atomic E-state index is 11.2. The number of nitrogen functional groups attached to an aromatic ring is 1. The maximum Gasteiger partial charge on any atom is 0.223 e. The van der Waals surface area contributed by atoms with Crippen molar-refractivity contribution in [3.8, 4) is 5.75 Å². The van der Waals surface area contributed by atoms with E-state index in [1.807, 2.05) is 0 Å². The molecule has 14 heavy (non-hydrogen) atoms. The van der Waals surface area contributed by atoms with Gasteiger partial charge in [-0.15, -0.1) is 0 Å². The molecule has 2 rings (SSSR count). The first kappa shape index (κ1) is 8.87. The lowest BCUT2D eigenvalue weighted by Crippen LogP contribution is -2.25. The molecule has 74 valence electrons. The molecule has 0 aliphatic carbocycles. The molecule has 1 aromatic carbocycles. The van der Waals surface area contributed by atoms with Crippen molar-refractivity contribution in [2.45, 2.75) is 13.3 Å². The van der Waals surface area contributed by atoms with Gasteiger partial charge < -0.3 is 15.7 Å². The largest absolute Gasteiger partial charge is 0.506 e. The Labute approximate surface area is 81.9 Å². The summed E-state index contributed by atoms with van der Waals surface area (Å²) in [6, 6.07) is 3.28. The summed E-state index contributed by atoms with van der Waals surface area (Å²) in [6.45, 7) is 2.20. The standard InChI is InChI=1S/C10H12N2O2/c1-6(13)12-3-2-7-4-10(14)8(11)5-9(7)12/h4-5,14H,2-3,11H2,1H3. The van der Waals surface area contributed by atoms with Crippen molar-refractivity contribution in [1.29, 1.82) is 0 Å². The Bertz CT molecular complexity index is 401. The van der Waals surface area contributed by atoms with Gasteiger partial charge in [-0.25, -0.2) is 0 Å². The van der Waals surface area contributed by atoms with Gasteiger partial charge in [-0.3, -0.25) is 4.79 Å². The van der Waals surface area contributed by atoms with Gasteiger partial charge in [-0.2, -0.15) is 0 Å². The third-order valence-corrected chi connectivity index (χ3v) is 2.50. The maximum atomic E-state index is 11.2. The van der Waals surface area contributed by atoms with Crippen molar-refractivity contribution in [2.24, 2.45) is 0 Å². The van der Waals surface area contributed by atoms with E-state index in [4.69, 9.17) is 5.73 Å². The molecule has 4 nitrogen and oxygen atoms in total. The lowest BCUT2D eigenvalue weighted by molar-refractivity contribution is -0.116. The van der Waals surface area contributed by atoms with Crippen LogP contribution in [-0.4, -0.2) is 17.6 Å². The van der Waals surface area contributed by atoms with Crippen molar-refractivity contribution in [3.63, 3.8) is 0 Å². The van der Waals surface area contributed by atoms with Gasteiger partial charge >= 0.3 is 0 Å². The topological polar surface area (TPSA) is 66.6 Å². The number of rotatable bonds is 0. The summed E-state index contributed by atoms with van der Waals surface area (Å²) < 4.78 is 0. The number of carbonyl (C=O) groups excluding carboxylic acids is 1. The highest BCUT2D eigenvalue weighted by atomic mass is 16.3. The van der Waals surface area contributed by atoms with E-state index in [2.05, 4.69) is 0 Å². The van der Waals surface area contributed by atoms with Gasteiger partial charge in [0, 0.05) is 19.2 Å². The Kier molecular flexibility index (Phi) is 1.84. The van der Waals surface area contributed by atoms with Crippen LogP contribution in [0.1, 0.15) is 12.5 Å². The molecule has 1 amide bonds. The van der Waals surface area contributed by atoms with Crippen LogP contribution in [0.15, 0.2) is 12.1 Å². The molecule has 0 saturated heterocycles. The van der Waals surface area contributed by atoms with Crippen LogP contribution in [0, 0.1) is 0 Å². The Morgan fingerprint density at radius 1 is 1.57 bits per heavy atom. The molecular weight excluding hydrogens is 180 g/mol. The van der Waals surface area contributed by atoms with Crippen LogP contribution in [0.4, 0.5) is 11.4 Å². The van der Waals surface area contributed by atoms with Crippen LogP contribution >= 0.6 is 0 Å². The fraction of sp³-hybridized carbons (Fsp3) is 0.300. The molecule has 0 aromatic heterocycles. The van der Waals surface area contributed by atoms with Gasteiger partial charge in [-0.05, 0) is 24.1 Å². The SMILES string of the molecule is CC(=O)N1CCc2cc(O)c(N)cc21. The summed E-state index contributed by atoms with van der Waals surface area (Å²) in [5, 5.41) is 9.38. The molecule has 0 bridgehead atoms. The quantitative estimate of drug-likeness (QED) is 0.473. The monoisotopic (exact) mass is 192 g/mol. The van der Waals surface area contributed by atoms with Crippen molar-refractivity contribution >= 4 is 17.3 Å². The van der Waals surface area contributed by atoms with Crippen LogP contribution in [0.3, 0.4) is 0 Å². The van der Waals surface area contributed by atoms with Crippen LogP contribution in [-0.2, 0) is 11.2 Å². The second-order valence-corrected chi connectivity index (χ2v) is 3.46. The molecule has 1 heterocycles. The van der Waals surface area contributed by atoms with E-state index in [1.165, 1.54) is 6.92 Å². The normalized spacial score (nSPS) is 14.2. The third-order valence-electron chi connectivity index (χ3n) is 2.50. The fourth-order valence-electron chi connectivity index (χ4n) is 1.77. The van der Waals surface area contributed by atoms with Crippen molar-refractivity contribution in [2.75, 3.05) is 17.2 Å². The van der Waals surface area contributed by atoms with Crippen LogP contribution in [0.2, 0.25) is 0 Å². The van der Waals surface area contributed by atoms with Gasteiger partial charge in [0.25, 0.3) is 0 Å². The molecular formula is C10H12N2O2. The van der Waals surface area contributed by atoms with E-state index in [1.54, 1.807) is 17.0 Å². The van der Waals surface area contributed by atoms with Crippen LogP contribution in [0.5, 0.6) is 5.75 Å². The summed E-state index contributed by atoms with van der Waals surface area (Å²) in [4.78, 5) is 12.9. The summed E-state index contributed by atoms with van der Waals surface area (Å²) in [7, 11) is 0. The Hall–Kier alpha value is -1.71. The molecule has 0 saturated carbocycles. The van der Waals surface area contributed by atoms with E-state index in [9.17, 15) is 9.90 Å². The zero-order chi connectivity index (χ0) is 10.3. The predicted octanol–water partition coefficient (Wildman–Crippen LogP) is 0.883. The van der Waals surface area contributed by atoms with E-state index >= 15 is 0 Å². The fourth-order valence-corrected chi connectivity index (χ4v) is 1.77. The zero-order valence-corrected chi connectivity index (χ0v) is 7.95. The Morgan fingerprint density at radius 3 is 2.93 bits per heavy atom. The number of nitrogens with two attached hydrogens (primary N) is 1. The highest BCUT2D eigenvalue weighted by molar-refractivity contribution is 5.94. The lowest BCUT2D eigenvalue weighted by atomic mass is 10.1. The molecule has 1 aliphatic heterocycles. The number of anilines is 2. The molecule has 1 aliphatic rings. The van der Waals surface area contributed by atoms with Gasteiger partial charge in [0.2, 0.25) is 5.91 Å². The summed E-state index contributed by atoms with van der Waals surface area (Å²) in [6.07, 6.45) is 0.781. The third kappa shape index (κ3) is 1.19. The molecule has 3 N–H and O–H groups in total. The predicted molar refractivity (Wildman–Crippen MR) is 54.3 cm³/mol. The van der Waals surface area contributed by atoms with E-state index in [0.717, 1.165) is 17.7 Å². The zero-order valence-electron chi connectivity index (χ0n) is 7.95. The first-order valence-electron chi connectivity index (χ1n) is 4.49. The molecule has 0 fully saturated rings. The van der Waals surface area contributed by atoms with E-state index < -0.39 is 0 Å². The van der Waals surface area contributed by atoms with Gasteiger partial charge in [-0.1, -0.05) is 0 Å². The highest BCUT2D eigenvalue weighted by Gasteiger charge is 2.23. The Balaban J connectivity index is 2.50. The molecule has 4 heteroatoms. The molecule has 0 spiro atoms. The average Bonchev–Trinajstić information content (AvgIpc) is 2.48. The minimum absolute atomic E-state index is 0.00818. The van der Waals surface area contributed by atoms with E-state index in [-0.39, 0.29) is 11.7 Å². The minimum atomic E-state index is 0.00818. The second kappa shape index (κ2) is 2.90.